The Balaban J connectivity index is 1.40. The van der Waals surface area contributed by atoms with Crippen LogP contribution in [-0.2, 0) is 0 Å². The number of aromatic nitrogens is 1. The van der Waals surface area contributed by atoms with Crippen molar-refractivity contribution in [2.24, 2.45) is 5.10 Å². The molecule has 0 saturated heterocycles. The standard InChI is InChI=1S/C21H15Cl2N3O2S/c1-27-16-7-8-18-20(11-16)29-21(25-18)26-24-12-13-2-5-15(6-3-13)28-19-9-4-14(22)10-17(19)23/h2-12H,1H3,(H,25,26)/b24-12-. The van der Waals surface area contributed by atoms with Gasteiger partial charge in [0.25, 0.3) is 0 Å². The van der Waals surface area contributed by atoms with Gasteiger partial charge in [-0.3, -0.25) is 5.43 Å². The van der Waals surface area contributed by atoms with Crippen LogP contribution in [0.15, 0.2) is 65.8 Å². The fourth-order valence-corrected chi connectivity index (χ4v) is 3.84. The highest BCUT2D eigenvalue weighted by atomic mass is 35.5. The Hall–Kier alpha value is -2.80. The van der Waals surface area contributed by atoms with Gasteiger partial charge in [-0.2, -0.15) is 5.10 Å². The van der Waals surface area contributed by atoms with Gasteiger partial charge in [-0.25, -0.2) is 4.98 Å². The molecule has 8 heteroatoms. The summed E-state index contributed by atoms with van der Waals surface area (Å²) in [5, 5.41) is 5.98. The summed E-state index contributed by atoms with van der Waals surface area (Å²) in [7, 11) is 1.64. The molecule has 0 radical (unpaired) electrons. The van der Waals surface area contributed by atoms with Gasteiger partial charge in [0.1, 0.15) is 17.2 Å². The molecule has 1 heterocycles. The normalized spacial score (nSPS) is 11.1. The zero-order chi connectivity index (χ0) is 20.2. The average Bonchev–Trinajstić information content (AvgIpc) is 3.13. The van der Waals surface area contributed by atoms with Crippen molar-refractivity contribution in [1.82, 2.24) is 4.98 Å². The molecule has 4 rings (SSSR count). The molecular formula is C21H15Cl2N3O2S. The van der Waals surface area contributed by atoms with Gasteiger partial charge in [0.15, 0.2) is 0 Å². The lowest BCUT2D eigenvalue weighted by atomic mass is 10.2. The second-order valence-corrected chi connectivity index (χ2v) is 7.84. The lowest BCUT2D eigenvalue weighted by molar-refractivity contribution is 0.415. The van der Waals surface area contributed by atoms with Crippen LogP contribution in [0, 0.1) is 0 Å². The van der Waals surface area contributed by atoms with Gasteiger partial charge in [-0.1, -0.05) is 34.5 Å². The van der Waals surface area contributed by atoms with Crippen LogP contribution < -0.4 is 14.9 Å². The molecule has 1 N–H and O–H groups in total. The minimum Gasteiger partial charge on any atom is -0.497 e. The molecule has 0 fully saturated rings. The number of halogens is 2. The molecule has 146 valence electrons. The van der Waals surface area contributed by atoms with Crippen molar-refractivity contribution in [3.63, 3.8) is 0 Å². The van der Waals surface area contributed by atoms with Crippen LogP contribution in [0.2, 0.25) is 10.0 Å². The van der Waals surface area contributed by atoms with Crippen molar-refractivity contribution in [1.29, 1.82) is 0 Å². The first kappa shape index (κ1) is 19.5. The molecule has 0 amide bonds. The number of thiazole rings is 1. The van der Waals surface area contributed by atoms with E-state index in [4.69, 9.17) is 32.7 Å². The van der Waals surface area contributed by atoms with Crippen LogP contribution in [0.25, 0.3) is 10.2 Å². The van der Waals surface area contributed by atoms with E-state index in [9.17, 15) is 0 Å². The number of hydrogen-bond acceptors (Lipinski definition) is 6. The Morgan fingerprint density at radius 3 is 2.55 bits per heavy atom. The van der Waals surface area contributed by atoms with Gasteiger partial charge in [-0.05, 0) is 66.2 Å². The average molecular weight is 444 g/mol. The predicted molar refractivity (Wildman–Crippen MR) is 120 cm³/mol. The van der Waals surface area contributed by atoms with E-state index in [-0.39, 0.29) is 0 Å². The second-order valence-electron chi connectivity index (χ2n) is 5.97. The SMILES string of the molecule is COc1ccc2nc(N/N=C\c3ccc(Oc4ccc(Cl)cc4Cl)cc3)sc2c1. The van der Waals surface area contributed by atoms with Gasteiger partial charge >= 0.3 is 0 Å². The number of hydrazone groups is 1. The van der Waals surface area contributed by atoms with Crippen molar-refractivity contribution >= 4 is 56.1 Å². The van der Waals surface area contributed by atoms with Crippen LogP contribution in [-0.4, -0.2) is 18.3 Å². The van der Waals surface area contributed by atoms with E-state index in [1.54, 1.807) is 31.5 Å². The van der Waals surface area contributed by atoms with Crippen LogP contribution in [0.3, 0.4) is 0 Å². The Bertz CT molecular complexity index is 1180. The first-order chi connectivity index (χ1) is 14.1. The van der Waals surface area contributed by atoms with Crippen LogP contribution >= 0.6 is 34.5 Å². The summed E-state index contributed by atoms with van der Waals surface area (Å²) in [6.07, 6.45) is 1.71. The molecule has 0 atom stereocenters. The predicted octanol–water partition coefficient (Wildman–Crippen LogP) is 6.85. The summed E-state index contributed by atoms with van der Waals surface area (Å²) >= 11 is 13.5. The minimum atomic E-state index is 0.459. The highest BCUT2D eigenvalue weighted by Gasteiger charge is 2.05. The number of methoxy groups -OCH3 is 1. The maximum atomic E-state index is 6.13. The highest BCUT2D eigenvalue weighted by molar-refractivity contribution is 7.22. The number of nitrogens with one attached hydrogen (secondary N) is 1. The topological polar surface area (TPSA) is 55.7 Å². The first-order valence-electron chi connectivity index (χ1n) is 8.57. The third-order valence-corrected chi connectivity index (χ3v) is 5.42. The van der Waals surface area contributed by atoms with Gasteiger partial charge < -0.3 is 9.47 Å². The molecule has 0 aliphatic carbocycles. The van der Waals surface area contributed by atoms with E-state index >= 15 is 0 Å². The number of nitrogens with zero attached hydrogens (tertiary/aromatic N) is 2. The molecule has 0 aliphatic rings. The van der Waals surface area contributed by atoms with E-state index in [2.05, 4.69) is 15.5 Å². The van der Waals surface area contributed by atoms with Gasteiger partial charge in [0, 0.05) is 5.02 Å². The third-order valence-electron chi connectivity index (χ3n) is 3.97. The van der Waals surface area contributed by atoms with Crippen molar-refractivity contribution in [3.8, 4) is 17.2 Å². The van der Waals surface area contributed by atoms with Crippen LogP contribution in [0.5, 0.6) is 17.2 Å². The molecule has 0 saturated carbocycles. The van der Waals surface area contributed by atoms with Gasteiger partial charge in [0.05, 0.1) is 28.6 Å². The summed E-state index contributed by atoms with van der Waals surface area (Å²) in [5.74, 6) is 2.02. The monoisotopic (exact) mass is 443 g/mol. The molecule has 0 bridgehead atoms. The zero-order valence-corrected chi connectivity index (χ0v) is 17.6. The summed E-state index contributed by atoms with van der Waals surface area (Å²) < 4.78 is 12.0. The lowest BCUT2D eigenvalue weighted by Crippen LogP contribution is -1.90. The lowest BCUT2D eigenvalue weighted by Gasteiger charge is -2.07. The number of fused-ring (bicyclic) bond motifs is 1. The Labute approximate surface area is 181 Å². The van der Waals surface area contributed by atoms with E-state index < -0.39 is 0 Å². The maximum Gasteiger partial charge on any atom is 0.204 e. The summed E-state index contributed by atoms with van der Waals surface area (Å²) in [6, 6.07) is 18.3. The zero-order valence-electron chi connectivity index (χ0n) is 15.2. The van der Waals surface area contributed by atoms with Crippen molar-refractivity contribution in [3.05, 3.63) is 76.3 Å². The minimum absolute atomic E-state index is 0.459. The molecule has 5 nitrogen and oxygen atoms in total. The van der Waals surface area contributed by atoms with Crippen LogP contribution in [0.4, 0.5) is 5.13 Å². The third kappa shape index (κ3) is 4.79. The summed E-state index contributed by atoms with van der Waals surface area (Å²) in [6.45, 7) is 0. The largest absolute Gasteiger partial charge is 0.497 e. The fourth-order valence-electron chi connectivity index (χ4n) is 2.55. The number of hydrogen-bond donors (Lipinski definition) is 1. The molecule has 0 spiro atoms. The first-order valence-corrected chi connectivity index (χ1v) is 10.1. The molecule has 0 aliphatic heterocycles. The molecular weight excluding hydrogens is 429 g/mol. The molecule has 4 aromatic rings. The highest BCUT2D eigenvalue weighted by Crippen LogP contribution is 2.32. The van der Waals surface area contributed by atoms with Crippen molar-refractivity contribution in [2.75, 3.05) is 12.5 Å². The van der Waals surface area contributed by atoms with Crippen molar-refractivity contribution in [2.45, 2.75) is 0 Å². The van der Waals surface area contributed by atoms with Crippen LogP contribution in [0.1, 0.15) is 5.56 Å². The second kappa shape index (κ2) is 8.69. The Kier molecular flexibility index (Phi) is 5.85. The summed E-state index contributed by atoms with van der Waals surface area (Å²) in [4.78, 5) is 4.49. The van der Waals surface area contributed by atoms with E-state index in [1.165, 1.54) is 11.3 Å². The summed E-state index contributed by atoms with van der Waals surface area (Å²) in [5.41, 5.74) is 4.77. The molecule has 3 aromatic carbocycles. The van der Waals surface area contributed by atoms with E-state index in [1.807, 2.05) is 42.5 Å². The Morgan fingerprint density at radius 2 is 1.79 bits per heavy atom. The van der Waals surface area contributed by atoms with Crippen molar-refractivity contribution < 1.29 is 9.47 Å². The van der Waals surface area contributed by atoms with E-state index in [0.717, 1.165) is 21.5 Å². The smallest absolute Gasteiger partial charge is 0.204 e. The number of anilines is 1. The fraction of sp³-hybridized carbons (Fsp3) is 0.0476. The molecule has 0 unspecified atom stereocenters. The molecule has 1 aromatic heterocycles. The maximum absolute atomic E-state index is 6.13. The van der Waals surface area contributed by atoms with Gasteiger partial charge in [-0.15, -0.1) is 0 Å². The molecule has 29 heavy (non-hydrogen) atoms. The number of ether oxygens (including phenoxy) is 2. The Morgan fingerprint density at radius 1 is 1.00 bits per heavy atom. The van der Waals surface area contributed by atoms with Gasteiger partial charge in [0.2, 0.25) is 5.13 Å². The number of rotatable bonds is 6. The quantitative estimate of drug-likeness (QED) is 0.261. The van der Waals surface area contributed by atoms with E-state index in [0.29, 0.717) is 26.7 Å². The number of benzene rings is 3.